The van der Waals surface area contributed by atoms with Gasteiger partial charge in [-0.05, 0) is 32.6 Å². The first-order valence-electron chi connectivity index (χ1n) is 7.93. The normalized spacial score (nSPS) is 19.4. The molecular formula is C16H27ClN2. The quantitative estimate of drug-likeness (QED) is 0.548. The first kappa shape index (κ1) is 14.9. The Labute approximate surface area is 122 Å². The number of hydrogen-bond donors (Lipinski definition) is 0. The second-order valence-corrected chi connectivity index (χ2v) is 6.37. The van der Waals surface area contributed by atoms with Crippen LogP contribution in [0.2, 0.25) is 0 Å². The molecule has 19 heavy (non-hydrogen) atoms. The lowest BCUT2D eigenvalue weighted by molar-refractivity contribution is 0.392. The number of rotatable bonds is 4. The highest BCUT2D eigenvalue weighted by atomic mass is 35.5. The monoisotopic (exact) mass is 282 g/mol. The third kappa shape index (κ3) is 3.16. The van der Waals surface area contributed by atoms with Crippen molar-refractivity contribution in [2.75, 3.05) is 0 Å². The summed E-state index contributed by atoms with van der Waals surface area (Å²) in [5, 5.41) is 4.99. The van der Waals surface area contributed by atoms with Crippen LogP contribution in [0.3, 0.4) is 0 Å². The summed E-state index contributed by atoms with van der Waals surface area (Å²) in [6.07, 6.45) is 10.1. The molecule has 3 heteroatoms. The minimum Gasteiger partial charge on any atom is -0.266 e. The maximum atomic E-state index is 6.40. The van der Waals surface area contributed by atoms with E-state index >= 15 is 0 Å². The van der Waals surface area contributed by atoms with Crippen molar-refractivity contribution in [1.29, 1.82) is 0 Å². The number of alkyl halides is 1. The topological polar surface area (TPSA) is 17.8 Å². The van der Waals surface area contributed by atoms with Crippen LogP contribution in [0.4, 0.5) is 0 Å². The van der Waals surface area contributed by atoms with Crippen molar-refractivity contribution in [3.05, 3.63) is 17.0 Å². The van der Waals surface area contributed by atoms with E-state index in [1.807, 2.05) is 0 Å². The minimum absolute atomic E-state index is 0.0735. The summed E-state index contributed by atoms with van der Waals surface area (Å²) in [6.45, 7) is 6.49. The van der Waals surface area contributed by atoms with Crippen molar-refractivity contribution in [3.8, 4) is 0 Å². The van der Waals surface area contributed by atoms with Gasteiger partial charge in [0.05, 0.1) is 17.1 Å². The van der Waals surface area contributed by atoms with Crippen LogP contribution in [0.25, 0.3) is 0 Å². The molecule has 0 bridgehead atoms. The fourth-order valence-electron chi connectivity index (χ4n) is 3.41. The van der Waals surface area contributed by atoms with Gasteiger partial charge in [-0.2, -0.15) is 5.10 Å². The third-order valence-corrected chi connectivity index (χ3v) is 4.58. The zero-order valence-corrected chi connectivity index (χ0v) is 13.3. The number of aryl methyl sites for hydroxylation is 1. The van der Waals surface area contributed by atoms with E-state index in [9.17, 15) is 0 Å². The van der Waals surface area contributed by atoms with Gasteiger partial charge >= 0.3 is 0 Å². The molecule has 2 nitrogen and oxygen atoms in total. The van der Waals surface area contributed by atoms with E-state index < -0.39 is 0 Å². The van der Waals surface area contributed by atoms with Gasteiger partial charge in [-0.1, -0.05) is 39.5 Å². The summed E-state index contributed by atoms with van der Waals surface area (Å²) in [7, 11) is 0. The third-order valence-electron chi connectivity index (χ3n) is 4.36. The summed E-state index contributed by atoms with van der Waals surface area (Å²) in [6, 6.07) is 0.604. The molecule has 1 aliphatic carbocycles. The Bertz CT molecular complexity index is 401. The second-order valence-electron chi connectivity index (χ2n) is 5.72. The average molecular weight is 283 g/mol. The summed E-state index contributed by atoms with van der Waals surface area (Å²) < 4.78 is 2.33. The molecule has 1 saturated carbocycles. The molecule has 1 atom stereocenters. The van der Waals surface area contributed by atoms with Crippen molar-refractivity contribution >= 4 is 11.6 Å². The SMILES string of the molecule is CCc1nn(C2CCCCCC2)c(CC)c1C(C)Cl. The standard InChI is InChI=1S/C16H27ClN2/c1-4-14-16(12(3)17)15(5-2)19(18-14)13-10-8-6-7-9-11-13/h12-13H,4-11H2,1-3H3. The van der Waals surface area contributed by atoms with Crippen molar-refractivity contribution in [1.82, 2.24) is 9.78 Å². The number of aromatic nitrogens is 2. The Balaban J connectivity index is 2.38. The van der Waals surface area contributed by atoms with Crippen LogP contribution in [-0.2, 0) is 12.8 Å². The highest BCUT2D eigenvalue weighted by molar-refractivity contribution is 6.20. The van der Waals surface area contributed by atoms with Gasteiger partial charge in [0.25, 0.3) is 0 Å². The predicted molar refractivity (Wildman–Crippen MR) is 82.0 cm³/mol. The van der Waals surface area contributed by atoms with Crippen molar-refractivity contribution < 1.29 is 0 Å². The summed E-state index contributed by atoms with van der Waals surface area (Å²) >= 11 is 6.40. The molecule has 1 unspecified atom stereocenters. The summed E-state index contributed by atoms with van der Waals surface area (Å²) in [4.78, 5) is 0. The highest BCUT2D eigenvalue weighted by Gasteiger charge is 2.24. The molecule has 1 aliphatic rings. The lowest BCUT2D eigenvalue weighted by atomic mass is 10.0. The molecule has 0 amide bonds. The lowest BCUT2D eigenvalue weighted by Crippen LogP contribution is -2.13. The molecule has 0 radical (unpaired) electrons. The number of nitrogens with zero attached hydrogens (tertiary/aromatic N) is 2. The zero-order valence-electron chi connectivity index (χ0n) is 12.6. The fourth-order valence-corrected chi connectivity index (χ4v) is 3.66. The molecule has 1 heterocycles. The number of hydrogen-bond acceptors (Lipinski definition) is 1. The van der Waals surface area contributed by atoms with Crippen LogP contribution < -0.4 is 0 Å². The molecule has 0 aromatic carbocycles. The molecule has 108 valence electrons. The first-order valence-corrected chi connectivity index (χ1v) is 8.36. The molecule has 1 fully saturated rings. The maximum Gasteiger partial charge on any atom is 0.0671 e. The van der Waals surface area contributed by atoms with Gasteiger partial charge in [0.2, 0.25) is 0 Å². The van der Waals surface area contributed by atoms with Crippen molar-refractivity contribution in [3.63, 3.8) is 0 Å². The average Bonchev–Trinajstić information content (AvgIpc) is 2.57. The molecule has 2 rings (SSSR count). The van der Waals surface area contributed by atoms with Gasteiger partial charge in [-0.15, -0.1) is 11.6 Å². The molecule has 1 aromatic rings. The Morgan fingerprint density at radius 1 is 1.16 bits per heavy atom. The van der Waals surface area contributed by atoms with Gasteiger partial charge < -0.3 is 0 Å². The fraction of sp³-hybridized carbons (Fsp3) is 0.812. The smallest absolute Gasteiger partial charge is 0.0671 e. The van der Waals surface area contributed by atoms with Crippen molar-refractivity contribution in [2.24, 2.45) is 0 Å². The summed E-state index contributed by atoms with van der Waals surface area (Å²) in [5.41, 5.74) is 3.89. The van der Waals surface area contributed by atoms with E-state index in [4.69, 9.17) is 16.7 Å². The van der Waals surface area contributed by atoms with Crippen LogP contribution in [0, 0.1) is 0 Å². The maximum absolute atomic E-state index is 6.40. The van der Waals surface area contributed by atoms with Crippen LogP contribution >= 0.6 is 11.6 Å². The summed E-state index contributed by atoms with van der Waals surface area (Å²) in [5.74, 6) is 0. The van der Waals surface area contributed by atoms with Gasteiger partial charge in [0.1, 0.15) is 0 Å². The van der Waals surface area contributed by atoms with Gasteiger partial charge in [0, 0.05) is 11.3 Å². The van der Waals surface area contributed by atoms with E-state index in [1.54, 1.807) is 0 Å². The molecule has 0 aliphatic heterocycles. The lowest BCUT2D eigenvalue weighted by Gasteiger charge is -2.18. The van der Waals surface area contributed by atoms with E-state index in [1.165, 1.54) is 55.5 Å². The molecule has 1 aromatic heterocycles. The molecule has 0 saturated heterocycles. The Morgan fingerprint density at radius 2 is 1.79 bits per heavy atom. The molecule has 0 spiro atoms. The van der Waals surface area contributed by atoms with E-state index in [2.05, 4.69) is 25.5 Å². The van der Waals surface area contributed by atoms with Gasteiger partial charge in [-0.3, -0.25) is 4.68 Å². The minimum atomic E-state index is 0.0735. The van der Waals surface area contributed by atoms with E-state index in [0.717, 1.165) is 12.8 Å². The second kappa shape index (κ2) is 6.78. The Morgan fingerprint density at radius 3 is 2.26 bits per heavy atom. The van der Waals surface area contributed by atoms with E-state index in [-0.39, 0.29) is 5.38 Å². The molecule has 0 N–H and O–H groups in total. The highest BCUT2D eigenvalue weighted by Crippen LogP contribution is 2.33. The Kier molecular flexibility index (Phi) is 5.32. The van der Waals surface area contributed by atoms with Crippen molar-refractivity contribution in [2.45, 2.75) is 83.6 Å². The van der Waals surface area contributed by atoms with E-state index in [0.29, 0.717) is 6.04 Å². The van der Waals surface area contributed by atoms with Gasteiger partial charge in [-0.25, -0.2) is 0 Å². The zero-order chi connectivity index (χ0) is 13.8. The largest absolute Gasteiger partial charge is 0.266 e. The number of halogens is 1. The van der Waals surface area contributed by atoms with Crippen LogP contribution in [0.15, 0.2) is 0 Å². The molecular weight excluding hydrogens is 256 g/mol. The van der Waals surface area contributed by atoms with Crippen LogP contribution in [0.5, 0.6) is 0 Å². The van der Waals surface area contributed by atoms with Crippen LogP contribution in [0.1, 0.15) is 87.7 Å². The van der Waals surface area contributed by atoms with Gasteiger partial charge in [0.15, 0.2) is 0 Å². The Hall–Kier alpha value is -0.500. The predicted octanol–water partition coefficient (Wildman–Crippen LogP) is 5.20. The van der Waals surface area contributed by atoms with Crippen LogP contribution in [-0.4, -0.2) is 9.78 Å². The first-order chi connectivity index (χ1) is 9.19.